The Balaban J connectivity index is 2.85. The van der Waals surface area contributed by atoms with Crippen molar-refractivity contribution in [3.63, 3.8) is 0 Å². The van der Waals surface area contributed by atoms with Crippen LogP contribution in [-0.4, -0.2) is 11.3 Å². The molecule has 1 N–H and O–H groups in total. The van der Waals surface area contributed by atoms with E-state index in [0.717, 1.165) is 12.1 Å². The van der Waals surface area contributed by atoms with E-state index in [1.165, 1.54) is 6.92 Å². The molecule has 1 unspecified atom stereocenters. The highest BCUT2D eigenvalue weighted by Gasteiger charge is 2.31. The third-order valence-electron chi connectivity index (χ3n) is 2.71. The Morgan fingerprint density at radius 1 is 1.11 bits per heavy atom. The summed E-state index contributed by atoms with van der Waals surface area (Å²) in [6, 6.07) is 2.06. The second kappa shape index (κ2) is 5.85. The maximum atomic E-state index is 13.3. The lowest BCUT2D eigenvalue weighted by molar-refractivity contribution is -0.137. The van der Waals surface area contributed by atoms with E-state index in [9.17, 15) is 22.7 Å². The fourth-order valence-electron chi connectivity index (χ4n) is 1.70. The van der Waals surface area contributed by atoms with Gasteiger partial charge in [-0.05, 0) is 31.9 Å². The highest BCUT2D eigenvalue weighted by Crippen LogP contribution is 2.36. The molecule has 1 atom stereocenters. The van der Waals surface area contributed by atoms with Gasteiger partial charge in [0.1, 0.15) is 5.82 Å². The first-order valence-corrected chi connectivity index (χ1v) is 6.23. The van der Waals surface area contributed by atoms with E-state index in [0.29, 0.717) is 0 Å². The molecule has 1 nitrogen and oxygen atoms in total. The SMILES string of the molecule is CC(O)(CCCC(F)(F)F)c1cc(F)c(Cl)cc1Cl. The zero-order valence-corrected chi connectivity index (χ0v) is 11.5. The smallest absolute Gasteiger partial charge is 0.385 e. The molecular formula is C12H12Cl2F4O. The van der Waals surface area contributed by atoms with E-state index in [-0.39, 0.29) is 28.5 Å². The Kier molecular flexibility index (Phi) is 5.09. The van der Waals surface area contributed by atoms with E-state index in [2.05, 4.69) is 0 Å². The molecule has 7 heteroatoms. The summed E-state index contributed by atoms with van der Waals surface area (Å²) in [6.07, 6.45) is -5.77. The number of aliphatic hydroxyl groups is 1. The lowest BCUT2D eigenvalue weighted by Gasteiger charge is -2.25. The van der Waals surface area contributed by atoms with Crippen LogP contribution >= 0.6 is 23.2 Å². The summed E-state index contributed by atoms with van der Waals surface area (Å²) in [5, 5.41) is 9.93. The van der Waals surface area contributed by atoms with Gasteiger partial charge in [0.05, 0.1) is 10.6 Å². The highest BCUT2D eigenvalue weighted by atomic mass is 35.5. The van der Waals surface area contributed by atoms with Gasteiger partial charge < -0.3 is 5.11 Å². The Morgan fingerprint density at radius 2 is 1.68 bits per heavy atom. The Hall–Kier alpha value is -0.520. The Bertz CT molecular complexity index is 458. The number of halogens is 6. The van der Waals surface area contributed by atoms with Crippen LogP contribution in [-0.2, 0) is 5.60 Å². The molecule has 0 bridgehead atoms. The average Bonchev–Trinajstić information content (AvgIpc) is 2.20. The van der Waals surface area contributed by atoms with E-state index >= 15 is 0 Å². The molecule has 0 amide bonds. The molecule has 0 saturated heterocycles. The van der Waals surface area contributed by atoms with Crippen molar-refractivity contribution in [1.29, 1.82) is 0 Å². The van der Waals surface area contributed by atoms with Gasteiger partial charge in [-0.3, -0.25) is 0 Å². The fraction of sp³-hybridized carbons (Fsp3) is 0.500. The van der Waals surface area contributed by atoms with Crippen molar-refractivity contribution in [2.24, 2.45) is 0 Å². The normalized spacial score (nSPS) is 15.4. The number of alkyl halides is 3. The van der Waals surface area contributed by atoms with Gasteiger partial charge in [0.15, 0.2) is 0 Å². The van der Waals surface area contributed by atoms with Gasteiger partial charge in [0.2, 0.25) is 0 Å². The van der Waals surface area contributed by atoms with E-state index in [1.807, 2.05) is 0 Å². The van der Waals surface area contributed by atoms with Crippen molar-refractivity contribution in [2.75, 3.05) is 0 Å². The van der Waals surface area contributed by atoms with E-state index in [1.54, 1.807) is 0 Å². The summed E-state index contributed by atoms with van der Waals surface area (Å²) >= 11 is 11.3. The van der Waals surface area contributed by atoms with Crippen molar-refractivity contribution in [1.82, 2.24) is 0 Å². The summed E-state index contributed by atoms with van der Waals surface area (Å²) in [6.45, 7) is 1.29. The second-order valence-electron chi connectivity index (χ2n) is 4.49. The molecule has 108 valence electrons. The van der Waals surface area contributed by atoms with Crippen molar-refractivity contribution in [3.8, 4) is 0 Å². The third-order valence-corrected chi connectivity index (χ3v) is 3.32. The zero-order valence-electron chi connectivity index (χ0n) is 9.99. The van der Waals surface area contributed by atoms with Crippen LogP contribution in [0.25, 0.3) is 0 Å². The van der Waals surface area contributed by atoms with Crippen LogP contribution in [0.2, 0.25) is 10.0 Å². The first kappa shape index (κ1) is 16.5. The molecule has 1 rings (SSSR count). The number of rotatable bonds is 4. The van der Waals surface area contributed by atoms with E-state index < -0.39 is 24.0 Å². The van der Waals surface area contributed by atoms with Crippen molar-refractivity contribution in [3.05, 3.63) is 33.6 Å². The second-order valence-corrected chi connectivity index (χ2v) is 5.30. The first-order valence-electron chi connectivity index (χ1n) is 5.47. The lowest BCUT2D eigenvalue weighted by Crippen LogP contribution is -2.23. The standard InChI is InChI=1S/C12H12Cl2F4O/c1-11(19,3-2-4-12(16,17)18)7-5-10(15)9(14)6-8(7)13/h5-6,19H,2-4H2,1H3. The van der Waals surface area contributed by atoms with Crippen LogP contribution in [0.15, 0.2) is 12.1 Å². The molecule has 0 aliphatic heterocycles. The summed E-state index contributed by atoms with van der Waals surface area (Å²) in [5.74, 6) is -0.780. The van der Waals surface area contributed by atoms with Gasteiger partial charge in [-0.15, -0.1) is 0 Å². The predicted molar refractivity (Wildman–Crippen MR) is 65.9 cm³/mol. The molecule has 0 heterocycles. The van der Waals surface area contributed by atoms with Crippen LogP contribution in [0.3, 0.4) is 0 Å². The van der Waals surface area contributed by atoms with Crippen molar-refractivity contribution < 1.29 is 22.7 Å². The molecule has 0 fully saturated rings. The van der Waals surface area contributed by atoms with Crippen LogP contribution in [0, 0.1) is 5.82 Å². The van der Waals surface area contributed by atoms with Crippen molar-refractivity contribution in [2.45, 2.75) is 38.0 Å². The van der Waals surface area contributed by atoms with Gasteiger partial charge in [0.25, 0.3) is 0 Å². The predicted octanol–water partition coefficient (Wildman–Crippen LogP) is 5.07. The average molecular weight is 319 g/mol. The van der Waals surface area contributed by atoms with Gasteiger partial charge in [-0.25, -0.2) is 4.39 Å². The summed E-state index contributed by atoms with van der Waals surface area (Å²) in [4.78, 5) is 0. The first-order chi connectivity index (χ1) is 8.53. The number of benzene rings is 1. The van der Waals surface area contributed by atoms with Gasteiger partial charge in [-0.2, -0.15) is 13.2 Å². The van der Waals surface area contributed by atoms with Crippen molar-refractivity contribution >= 4 is 23.2 Å². The minimum Gasteiger partial charge on any atom is -0.385 e. The molecule has 19 heavy (non-hydrogen) atoms. The summed E-state index contributed by atoms with van der Waals surface area (Å²) in [7, 11) is 0. The maximum Gasteiger partial charge on any atom is 0.389 e. The van der Waals surface area contributed by atoms with Gasteiger partial charge in [-0.1, -0.05) is 23.2 Å². The number of hydrogen-bond acceptors (Lipinski definition) is 1. The molecule has 0 saturated carbocycles. The molecule has 0 aliphatic rings. The Labute approximate surface area is 118 Å². The van der Waals surface area contributed by atoms with Crippen LogP contribution in [0.4, 0.5) is 17.6 Å². The fourth-order valence-corrected chi connectivity index (χ4v) is 2.29. The third kappa shape index (κ3) is 4.82. The zero-order chi connectivity index (χ0) is 14.8. The van der Waals surface area contributed by atoms with Gasteiger partial charge in [0, 0.05) is 17.0 Å². The lowest BCUT2D eigenvalue weighted by atomic mass is 9.90. The maximum absolute atomic E-state index is 13.3. The molecule has 1 aromatic rings. The van der Waals surface area contributed by atoms with Crippen LogP contribution < -0.4 is 0 Å². The number of hydrogen-bond donors (Lipinski definition) is 1. The highest BCUT2D eigenvalue weighted by molar-refractivity contribution is 6.35. The van der Waals surface area contributed by atoms with E-state index in [4.69, 9.17) is 23.2 Å². The minimum atomic E-state index is -4.29. The summed E-state index contributed by atoms with van der Waals surface area (Å²) in [5.41, 5.74) is -1.62. The molecule has 0 radical (unpaired) electrons. The monoisotopic (exact) mass is 318 g/mol. The molecule has 0 spiro atoms. The quantitative estimate of drug-likeness (QED) is 0.606. The molecular weight excluding hydrogens is 307 g/mol. The molecule has 0 aromatic heterocycles. The molecule has 1 aromatic carbocycles. The minimum absolute atomic E-state index is 0.0170. The van der Waals surface area contributed by atoms with Crippen LogP contribution in [0.5, 0.6) is 0 Å². The topological polar surface area (TPSA) is 20.2 Å². The largest absolute Gasteiger partial charge is 0.389 e. The molecule has 0 aliphatic carbocycles. The van der Waals surface area contributed by atoms with Crippen LogP contribution in [0.1, 0.15) is 31.7 Å². The Morgan fingerprint density at radius 3 is 2.21 bits per heavy atom. The summed E-state index contributed by atoms with van der Waals surface area (Å²) < 4.78 is 49.5. The van der Waals surface area contributed by atoms with Gasteiger partial charge >= 0.3 is 6.18 Å².